The van der Waals surface area contributed by atoms with Crippen molar-refractivity contribution in [1.82, 2.24) is 4.90 Å². The van der Waals surface area contributed by atoms with Gasteiger partial charge in [-0.3, -0.25) is 4.90 Å². The number of fused-ring (bicyclic) bond motifs is 1. The Hall–Kier alpha value is -1.69. The van der Waals surface area contributed by atoms with Crippen molar-refractivity contribution < 1.29 is 18.9 Å². The molecule has 2 aliphatic rings. The average molecular weight is 253 g/mol. The number of hydrogen-bond acceptors (Lipinski definition) is 4. The van der Waals surface area contributed by atoms with Crippen molar-refractivity contribution in [3.63, 3.8) is 0 Å². The van der Waals surface area contributed by atoms with Crippen LogP contribution in [0, 0.1) is 10.7 Å². The fourth-order valence-electron chi connectivity index (χ4n) is 2.79. The van der Waals surface area contributed by atoms with Crippen molar-refractivity contribution >= 4 is 5.69 Å². The van der Waals surface area contributed by atoms with Gasteiger partial charge in [-0.1, -0.05) is 0 Å². The molecule has 3 rings (SSSR count). The highest BCUT2D eigenvalue weighted by Crippen LogP contribution is 2.42. The fraction of sp³-hybridized carbons (Fsp3) is 0.500. The Morgan fingerprint density at radius 2 is 2.22 bits per heavy atom. The second-order valence-corrected chi connectivity index (χ2v) is 4.99. The van der Waals surface area contributed by atoms with Crippen LogP contribution < -0.4 is 4.74 Å². The van der Waals surface area contributed by atoms with Crippen LogP contribution in [-0.2, 0) is 11.3 Å². The van der Waals surface area contributed by atoms with Gasteiger partial charge in [0.05, 0.1) is 4.91 Å². The standard InChI is InChI=1S/C12H14FN2O3/c1-14-6-12(7-14)5-8-3-10(15(16)17-2)9(13)4-11(8)18-12/h3-4H,5-7H2,1-2H3/q+1. The van der Waals surface area contributed by atoms with Gasteiger partial charge in [0, 0.05) is 37.2 Å². The summed E-state index contributed by atoms with van der Waals surface area (Å²) in [5.41, 5.74) is 0.519. The van der Waals surface area contributed by atoms with E-state index in [-0.39, 0.29) is 16.2 Å². The molecule has 0 amide bonds. The minimum atomic E-state index is -0.629. The first-order valence-corrected chi connectivity index (χ1v) is 5.74. The van der Waals surface area contributed by atoms with Crippen LogP contribution in [0.25, 0.3) is 0 Å². The Balaban J connectivity index is 1.93. The second-order valence-electron chi connectivity index (χ2n) is 4.99. The predicted octanol–water partition coefficient (Wildman–Crippen LogP) is 1.42. The summed E-state index contributed by atoms with van der Waals surface area (Å²) in [5.74, 6) is -0.0934. The molecule has 1 saturated heterocycles. The Kier molecular flexibility index (Phi) is 2.31. The van der Waals surface area contributed by atoms with E-state index in [9.17, 15) is 9.30 Å². The van der Waals surface area contributed by atoms with Crippen LogP contribution in [0.5, 0.6) is 5.75 Å². The van der Waals surface area contributed by atoms with E-state index in [4.69, 9.17) is 4.74 Å². The normalized spacial score (nSPS) is 20.2. The van der Waals surface area contributed by atoms with Gasteiger partial charge in [-0.05, 0) is 7.05 Å². The van der Waals surface area contributed by atoms with Gasteiger partial charge in [-0.15, -0.1) is 0 Å². The maximum absolute atomic E-state index is 13.7. The van der Waals surface area contributed by atoms with E-state index >= 15 is 0 Å². The first-order valence-electron chi connectivity index (χ1n) is 5.74. The Morgan fingerprint density at radius 3 is 2.83 bits per heavy atom. The quantitative estimate of drug-likeness (QED) is 0.747. The lowest BCUT2D eigenvalue weighted by atomic mass is 9.89. The molecule has 0 aliphatic carbocycles. The maximum atomic E-state index is 13.7. The van der Waals surface area contributed by atoms with Gasteiger partial charge >= 0.3 is 5.69 Å². The molecule has 2 heterocycles. The van der Waals surface area contributed by atoms with Gasteiger partial charge in [-0.25, -0.2) is 4.84 Å². The number of rotatable bonds is 2. The molecule has 0 atom stereocenters. The van der Waals surface area contributed by atoms with E-state index in [0.717, 1.165) is 18.7 Å². The summed E-state index contributed by atoms with van der Waals surface area (Å²) in [5, 5.41) is 0. The van der Waals surface area contributed by atoms with E-state index in [0.29, 0.717) is 12.2 Å². The van der Waals surface area contributed by atoms with Gasteiger partial charge in [-0.2, -0.15) is 4.39 Å². The van der Waals surface area contributed by atoms with E-state index in [1.54, 1.807) is 0 Å². The lowest BCUT2D eigenvalue weighted by Gasteiger charge is -2.44. The number of nitrogens with zero attached hydrogens (tertiary/aromatic N) is 2. The Labute approximate surface area is 104 Å². The van der Waals surface area contributed by atoms with Crippen LogP contribution in [0.15, 0.2) is 12.1 Å². The van der Waals surface area contributed by atoms with E-state index < -0.39 is 5.82 Å². The van der Waals surface area contributed by atoms with Gasteiger partial charge in [0.2, 0.25) is 5.82 Å². The fourth-order valence-corrected chi connectivity index (χ4v) is 2.79. The molecule has 6 heteroatoms. The largest absolute Gasteiger partial charge is 0.484 e. The number of likely N-dealkylation sites (tertiary alicyclic amines) is 1. The van der Waals surface area contributed by atoms with Crippen LogP contribution in [0.4, 0.5) is 10.1 Å². The molecule has 2 aliphatic heterocycles. The van der Waals surface area contributed by atoms with Gasteiger partial charge < -0.3 is 4.74 Å². The van der Waals surface area contributed by atoms with E-state index in [1.165, 1.54) is 19.2 Å². The monoisotopic (exact) mass is 253 g/mol. The summed E-state index contributed by atoms with van der Waals surface area (Å²) in [4.78, 5) is 18.1. The maximum Gasteiger partial charge on any atom is 0.352 e. The summed E-state index contributed by atoms with van der Waals surface area (Å²) >= 11 is 0. The molecule has 96 valence electrons. The van der Waals surface area contributed by atoms with Crippen molar-refractivity contribution in [2.24, 2.45) is 0 Å². The summed E-state index contributed by atoms with van der Waals surface area (Å²) in [6.45, 7) is 1.65. The first-order chi connectivity index (χ1) is 8.53. The molecule has 1 aromatic carbocycles. The molecule has 1 spiro atoms. The Morgan fingerprint density at radius 1 is 1.50 bits per heavy atom. The SMILES string of the molecule is CO[N+](=O)c1cc2c(cc1F)OC1(C2)CN(C)C1. The topological polar surface area (TPSA) is 41.8 Å². The highest BCUT2D eigenvalue weighted by molar-refractivity contribution is 5.49. The number of hydrogen-bond donors (Lipinski definition) is 0. The van der Waals surface area contributed by atoms with Gasteiger partial charge in [0.25, 0.3) is 4.92 Å². The van der Waals surface area contributed by atoms with Crippen molar-refractivity contribution in [2.75, 3.05) is 27.2 Å². The molecule has 0 aromatic heterocycles. The van der Waals surface area contributed by atoms with Crippen molar-refractivity contribution in [3.8, 4) is 5.75 Å². The number of halogens is 1. The zero-order valence-corrected chi connectivity index (χ0v) is 10.3. The second kappa shape index (κ2) is 3.65. The zero-order valence-electron chi connectivity index (χ0n) is 10.3. The smallest absolute Gasteiger partial charge is 0.352 e. The van der Waals surface area contributed by atoms with Gasteiger partial charge in [0.15, 0.2) is 7.11 Å². The molecule has 0 unspecified atom stereocenters. The van der Waals surface area contributed by atoms with Crippen LogP contribution in [0.2, 0.25) is 0 Å². The summed E-state index contributed by atoms with van der Waals surface area (Å²) < 4.78 is 19.5. The first kappa shape index (κ1) is 11.4. The highest BCUT2D eigenvalue weighted by Gasteiger charge is 2.48. The third-order valence-corrected chi connectivity index (χ3v) is 3.45. The summed E-state index contributed by atoms with van der Waals surface area (Å²) in [7, 11) is 3.21. The zero-order chi connectivity index (χ0) is 12.9. The third kappa shape index (κ3) is 1.56. The molecule has 0 saturated carbocycles. The minimum Gasteiger partial charge on any atom is -0.484 e. The van der Waals surface area contributed by atoms with Crippen molar-refractivity contribution in [3.05, 3.63) is 28.4 Å². The number of likely N-dealkylation sites (N-methyl/N-ethyl adjacent to an activating group) is 1. The molecule has 1 fully saturated rings. The third-order valence-electron chi connectivity index (χ3n) is 3.45. The van der Waals surface area contributed by atoms with Crippen molar-refractivity contribution in [2.45, 2.75) is 12.0 Å². The van der Waals surface area contributed by atoms with Crippen molar-refractivity contribution in [1.29, 1.82) is 0 Å². The molecular formula is C12H14FN2O3+. The predicted molar refractivity (Wildman–Crippen MR) is 61.3 cm³/mol. The molecule has 0 radical (unpaired) electrons. The highest BCUT2D eigenvalue weighted by atomic mass is 19.1. The van der Waals surface area contributed by atoms with E-state index in [2.05, 4.69) is 9.74 Å². The van der Waals surface area contributed by atoms with Crippen LogP contribution in [0.1, 0.15) is 5.56 Å². The minimum absolute atomic E-state index is 0.107. The van der Waals surface area contributed by atoms with Crippen LogP contribution >= 0.6 is 0 Å². The van der Waals surface area contributed by atoms with E-state index in [1.807, 2.05) is 7.05 Å². The Bertz CT molecular complexity index is 526. The van der Waals surface area contributed by atoms with Gasteiger partial charge in [0.1, 0.15) is 11.4 Å². The number of benzene rings is 1. The lowest BCUT2D eigenvalue weighted by molar-refractivity contribution is -0.737. The molecule has 0 bridgehead atoms. The average Bonchev–Trinajstić information content (AvgIpc) is 2.64. The molecule has 1 aromatic rings. The molecule has 18 heavy (non-hydrogen) atoms. The summed E-state index contributed by atoms with van der Waals surface area (Å²) in [6, 6.07) is 2.77. The molecular weight excluding hydrogens is 239 g/mol. The van der Waals surface area contributed by atoms with Crippen LogP contribution in [-0.4, -0.2) is 42.7 Å². The number of ether oxygens (including phenoxy) is 1. The lowest BCUT2D eigenvalue weighted by Crippen LogP contribution is -2.62. The van der Waals surface area contributed by atoms with Crippen LogP contribution in [0.3, 0.4) is 0 Å². The summed E-state index contributed by atoms with van der Waals surface area (Å²) in [6.07, 6.45) is 0.706. The molecule has 0 N–H and O–H groups in total. The molecule has 5 nitrogen and oxygen atoms in total.